The molecule has 0 fully saturated rings. The van der Waals surface area contributed by atoms with E-state index in [1.165, 1.54) is 0 Å². The zero-order valence-electron chi connectivity index (χ0n) is 12.5. The molecule has 2 aromatic rings. The van der Waals surface area contributed by atoms with Crippen molar-refractivity contribution in [2.75, 3.05) is 25.5 Å². The molecule has 106 valence electrons. The normalized spacial score (nSPS) is 12.2. The predicted molar refractivity (Wildman–Crippen MR) is 83.0 cm³/mol. The summed E-state index contributed by atoms with van der Waals surface area (Å²) in [6.07, 6.45) is 0. The molecule has 0 saturated carbocycles. The van der Waals surface area contributed by atoms with Crippen LogP contribution in [0, 0.1) is 12.8 Å². The summed E-state index contributed by atoms with van der Waals surface area (Å²) in [6, 6.07) is 10.2. The van der Waals surface area contributed by atoms with Crippen molar-refractivity contribution in [2.45, 2.75) is 13.8 Å². The lowest BCUT2D eigenvalue weighted by molar-refractivity contribution is -0.123. The number of benzene rings is 1. The van der Waals surface area contributed by atoms with Crippen LogP contribution < -0.4 is 10.2 Å². The van der Waals surface area contributed by atoms with Crippen molar-refractivity contribution in [2.24, 2.45) is 5.92 Å². The molecular weight excluding hydrogens is 250 g/mol. The number of nitrogens with one attached hydrogen (secondary N) is 1. The highest BCUT2D eigenvalue weighted by Gasteiger charge is 2.16. The largest absolute Gasteiger partial charge is 0.359 e. The van der Waals surface area contributed by atoms with Crippen LogP contribution in [0.15, 0.2) is 30.3 Å². The maximum Gasteiger partial charge on any atom is 0.224 e. The van der Waals surface area contributed by atoms with Gasteiger partial charge in [0.15, 0.2) is 0 Å². The highest BCUT2D eigenvalue weighted by atomic mass is 16.1. The fraction of sp³-hybridized carbons (Fsp3) is 0.375. The number of nitrogens with zero attached hydrogens (tertiary/aromatic N) is 2. The summed E-state index contributed by atoms with van der Waals surface area (Å²) >= 11 is 0. The Morgan fingerprint density at radius 2 is 2.10 bits per heavy atom. The van der Waals surface area contributed by atoms with Crippen molar-refractivity contribution < 1.29 is 4.79 Å². The van der Waals surface area contributed by atoms with Gasteiger partial charge in [0, 0.05) is 26.0 Å². The van der Waals surface area contributed by atoms with Gasteiger partial charge in [0.05, 0.1) is 11.4 Å². The topological polar surface area (TPSA) is 45.2 Å². The number of aromatic nitrogens is 1. The molecule has 0 saturated heterocycles. The lowest BCUT2D eigenvalue weighted by Gasteiger charge is -2.23. The highest BCUT2D eigenvalue weighted by Crippen LogP contribution is 2.22. The quantitative estimate of drug-likeness (QED) is 0.928. The Bertz CT molecular complexity index is 624. The summed E-state index contributed by atoms with van der Waals surface area (Å²) in [6.45, 7) is 4.62. The van der Waals surface area contributed by atoms with Crippen LogP contribution in [0.2, 0.25) is 0 Å². The summed E-state index contributed by atoms with van der Waals surface area (Å²) in [7, 11) is 3.64. The Morgan fingerprint density at radius 3 is 2.80 bits per heavy atom. The minimum Gasteiger partial charge on any atom is -0.359 e. The van der Waals surface area contributed by atoms with Gasteiger partial charge in [0.2, 0.25) is 5.91 Å². The molecule has 0 unspecified atom stereocenters. The molecule has 1 aromatic heterocycles. The first-order valence-corrected chi connectivity index (χ1v) is 6.82. The Kier molecular flexibility index (Phi) is 4.23. The minimum absolute atomic E-state index is 0.0512. The van der Waals surface area contributed by atoms with Crippen molar-refractivity contribution in [3.63, 3.8) is 0 Å². The van der Waals surface area contributed by atoms with Crippen LogP contribution in [0.3, 0.4) is 0 Å². The molecule has 0 bridgehead atoms. The zero-order valence-corrected chi connectivity index (χ0v) is 12.5. The second kappa shape index (κ2) is 5.90. The van der Waals surface area contributed by atoms with Gasteiger partial charge in [0.1, 0.15) is 5.82 Å². The van der Waals surface area contributed by atoms with Gasteiger partial charge < -0.3 is 10.2 Å². The lowest BCUT2D eigenvalue weighted by Crippen LogP contribution is -2.34. The lowest BCUT2D eigenvalue weighted by atomic mass is 10.1. The van der Waals surface area contributed by atoms with E-state index in [9.17, 15) is 4.79 Å². The van der Waals surface area contributed by atoms with E-state index in [1.54, 1.807) is 7.05 Å². The summed E-state index contributed by atoms with van der Waals surface area (Å²) < 4.78 is 0. The molecule has 4 heteroatoms. The van der Waals surface area contributed by atoms with Crippen molar-refractivity contribution in [3.05, 3.63) is 35.9 Å². The van der Waals surface area contributed by atoms with Gasteiger partial charge in [-0.15, -0.1) is 0 Å². The molecule has 0 aliphatic heterocycles. The Labute approximate surface area is 119 Å². The van der Waals surface area contributed by atoms with Gasteiger partial charge in [-0.1, -0.05) is 25.1 Å². The smallest absolute Gasteiger partial charge is 0.224 e. The van der Waals surface area contributed by atoms with Crippen molar-refractivity contribution in [1.29, 1.82) is 0 Å². The molecule has 1 atom stereocenters. The standard InChI is InChI=1S/C16H21N3O/c1-11-9-13-7-5-6-8-14(13)18-15(11)19(4)10-12(2)16(20)17-3/h5-9,12H,10H2,1-4H3,(H,17,20)/t12-/m0/s1. The van der Waals surface area contributed by atoms with Gasteiger partial charge in [-0.2, -0.15) is 0 Å². The first kappa shape index (κ1) is 14.3. The fourth-order valence-electron chi connectivity index (χ4n) is 2.42. The number of fused-ring (bicyclic) bond motifs is 1. The maximum absolute atomic E-state index is 11.6. The summed E-state index contributed by atoms with van der Waals surface area (Å²) in [5.74, 6) is 0.910. The van der Waals surface area contributed by atoms with E-state index < -0.39 is 0 Å². The molecule has 1 amide bonds. The average Bonchev–Trinajstić information content (AvgIpc) is 2.45. The number of aryl methyl sites for hydroxylation is 1. The Hall–Kier alpha value is -2.10. The van der Waals surface area contributed by atoms with Crippen LogP contribution in [0.5, 0.6) is 0 Å². The van der Waals surface area contributed by atoms with Crippen LogP contribution in [0.4, 0.5) is 5.82 Å². The van der Waals surface area contributed by atoms with Crippen molar-refractivity contribution in [3.8, 4) is 0 Å². The average molecular weight is 271 g/mol. The second-order valence-corrected chi connectivity index (χ2v) is 5.22. The van der Waals surface area contributed by atoms with E-state index in [-0.39, 0.29) is 11.8 Å². The van der Waals surface area contributed by atoms with Crippen LogP contribution in [0.25, 0.3) is 10.9 Å². The van der Waals surface area contributed by atoms with Gasteiger partial charge in [-0.3, -0.25) is 4.79 Å². The van der Waals surface area contributed by atoms with Crippen molar-refractivity contribution in [1.82, 2.24) is 10.3 Å². The number of anilines is 1. The number of hydrogen-bond acceptors (Lipinski definition) is 3. The van der Waals surface area contributed by atoms with Gasteiger partial charge in [0.25, 0.3) is 0 Å². The third-order valence-electron chi connectivity index (χ3n) is 3.49. The molecular formula is C16H21N3O. The monoisotopic (exact) mass is 271 g/mol. The minimum atomic E-state index is -0.0716. The molecule has 0 aliphatic rings. The van der Waals surface area contributed by atoms with E-state index in [0.29, 0.717) is 6.54 Å². The number of rotatable bonds is 4. The molecule has 0 aliphatic carbocycles. The summed E-state index contributed by atoms with van der Waals surface area (Å²) in [4.78, 5) is 18.4. The van der Waals surface area contributed by atoms with E-state index in [2.05, 4.69) is 24.4 Å². The third kappa shape index (κ3) is 2.90. The Balaban J connectivity index is 2.27. The van der Waals surface area contributed by atoms with Crippen LogP contribution in [0.1, 0.15) is 12.5 Å². The number of hydrogen-bond donors (Lipinski definition) is 1. The van der Waals surface area contributed by atoms with E-state index in [4.69, 9.17) is 4.98 Å². The van der Waals surface area contributed by atoms with E-state index in [0.717, 1.165) is 22.3 Å². The molecule has 1 heterocycles. The van der Waals surface area contributed by atoms with Gasteiger partial charge in [-0.05, 0) is 24.6 Å². The first-order valence-electron chi connectivity index (χ1n) is 6.82. The molecule has 0 radical (unpaired) electrons. The van der Waals surface area contributed by atoms with Gasteiger partial charge >= 0.3 is 0 Å². The van der Waals surface area contributed by atoms with E-state index in [1.807, 2.05) is 37.1 Å². The SMILES string of the molecule is CNC(=O)[C@@H](C)CN(C)c1nc2ccccc2cc1C. The molecule has 1 aromatic carbocycles. The number of pyridine rings is 1. The Morgan fingerprint density at radius 1 is 1.40 bits per heavy atom. The number of para-hydroxylation sites is 1. The first-order chi connectivity index (χ1) is 9.52. The number of carbonyl (C=O) groups excluding carboxylic acids is 1. The second-order valence-electron chi connectivity index (χ2n) is 5.22. The number of amides is 1. The zero-order chi connectivity index (χ0) is 14.7. The molecule has 2 rings (SSSR count). The molecule has 1 N–H and O–H groups in total. The molecule has 0 spiro atoms. The molecule has 20 heavy (non-hydrogen) atoms. The van der Waals surface area contributed by atoms with E-state index >= 15 is 0 Å². The van der Waals surface area contributed by atoms with Gasteiger partial charge in [-0.25, -0.2) is 4.98 Å². The predicted octanol–water partition coefficient (Wildman–Crippen LogP) is 2.36. The van der Waals surface area contributed by atoms with Crippen LogP contribution >= 0.6 is 0 Å². The maximum atomic E-state index is 11.6. The number of carbonyl (C=O) groups is 1. The van der Waals surface area contributed by atoms with Crippen LogP contribution in [-0.4, -0.2) is 31.5 Å². The molecule has 4 nitrogen and oxygen atoms in total. The third-order valence-corrected chi connectivity index (χ3v) is 3.49. The highest BCUT2D eigenvalue weighted by molar-refractivity contribution is 5.82. The van der Waals surface area contributed by atoms with Crippen molar-refractivity contribution >= 4 is 22.6 Å². The fourth-order valence-corrected chi connectivity index (χ4v) is 2.42. The van der Waals surface area contributed by atoms with Crippen LogP contribution in [-0.2, 0) is 4.79 Å². The summed E-state index contributed by atoms with van der Waals surface area (Å²) in [5, 5.41) is 3.82. The summed E-state index contributed by atoms with van der Waals surface area (Å²) in [5.41, 5.74) is 2.10.